The van der Waals surface area contributed by atoms with E-state index in [1.54, 1.807) is 0 Å². The molecule has 0 aliphatic carbocycles. The Labute approximate surface area is 90.2 Å². The van der Waals surface area contributed by atoms with Gasteiger partial charge in [0.1, 0.15) is 0 Å². The number of hydrogen-bond donors (Lipinski definition) is 0. The van der Waals surface area contributed by atoms with E-state index in [9.17, 15) is 5.11 Å². The highest BCUT2D eigenvalue weighted by atomic mass is 28.3. The van der Waals surface area contributed by atoms with E-state index in [4.69, 9.17) is 0 Å². The lowest BCUT2D eigenvalue weighted by atomic mass is 10.2. The van der Waals surface area contributed by atoms with Crippen LogP contribution in [0.3, 0.4) is 0 Å². The van der Waals surface area contributed by atoms with Crippen molar-refractivity contribution in [1.82, 2.24) is 0 Å². The molecule has 1 nitrogen and oxygen atoms in total. The molecule has 14 heavy (non-hydrogen) atoms. The van der Waals surface area contributed by atoms with E-state index < -0.39 is 8.07 Å². The van der Waals surface area contributed by atoms with Crippen LogP contribution in [0.4, 0.5) is 0 Å². The van der Waals surface area contributed by atoms with Crippen molar-refractivity contribution in [2.24, 2.45) is 0 Å². The van der Waals surface area contributed by atoms with Gasteiger partial charge in [-0.1, -0.05) is 58.7 Å². The molecule has 0 heterocycles. The smallest absolute Gasteiger partial charge is 0.0758 e. The van der Waals surface area contributed by atoms with Crippen LogP contribution in [-0.2, 0) is 0 Å². The molecule has 0 radical (unpaired) electrons. The summed E-state index contributed by atoms with van der Waals surface area (Å²) >= 11 is 0. The predicted octanol–water partition coefficient (Wildman–Crippen LogP) is 3.47. The highest BCUT2D eigenvalue weighted by molar-refractivity contribution is 6.84. The van der Waals surface area contributed by atoms with E-state index in [1.807, 2.05) is 0 Å². The predicted molar refractivity (Wildman–Crippen MR) is 64.8 cm³/mol. The molecule has 0 unspecified atom stereocenters. The second-order valence-electron chi connectivity index (χ2n) is 4.14. The molecule has 0 aromatic rings. The lowest BCUT2D eigenvalue weighted by Crippen LogP contribution is -2.30. The fourth-order valence-electron chi connectivity index (χ4n) is 1.82. The molecule has 0 saturated heterocycles. The third-order valence-electron chi connectivity index (χ3n) is 3.36. The Morgan fingerprint density at radius 1 is 1.07 bits per heavy atom. The minimum absolute atomic E-state index is 0.407. The molecular formula is C12H25OSi-. The Bertz CT molecular complexity index is 163. The highest BCUT2D eigenvalue weighted by Gasteiger charge is 2.22. The van der Waals surface area contributed by atoms with Gasteiger partial charge in [-0.15, -0.1) is 11.5 Å². The molecule has 84 valence electrons. The molecule has 2 heteroatoms. The quantitative estimate of drug-likeness (QED) is 0.469. The normalized spacial score (nSPS) is 13.3. The van der Waals surface area contributed by atoms with Gasteiger partial charge in [-0.2, -0.15) is 0 Å². The summed E-state index contributed by atoms with van der Waals surface area (Å²) in [4.78, 5) is 0. The molecule has 0 aromatic heterocycles. The lowest BCUT2D eigenvalue weighted by Gasteiger charge is -2.27. The van der Waals surface area contributed by atoms with E-state index in [-0.39, 0.29) is 0 Å². The van der Waals surface area contributed by atoms with Crippen LogP contribution in [0.15, 0.2) is 11.5 Å². The minimum atomic E-state index is -1.31. The third kappa shape index (κ3) is 4.31. The molecule has 0 amide bonds. The number of unbranched alkanes of at least 4 members (excludes halogenated alkanes) is 1. The Morgan fingerprint density at radius 3 is 1.93 bits per heavy atom. The molecule has 0 bridgehead atoms. The fourth-order valence-corrected chi connectivity index (χ4v) is 4.76. The molecular weight excluding hydrogens is 188 g/mol. The molecule has 0 rings (SSSR count). The van der Waals surface area contributed by atoms with Crippen LogP contribution in [0.25, 0.3) is 0 Å². The molecule has 0 aliphatic rings. The van der Waals surface area contributed by atoms with Crippen molar-refractivity contribution in [1.29, 1.82) is 0 Å². The summed E-state index contributed by atoms with van der Waals surface area (Å²) in [6, 6.07) is 3.66. The van der Waals surface area contributed by atoms with Crippen LogP contribution in [0.2, 0.25) is 18.1 Å². The average Bonchev–Trinajstić information content (AvgIpc) is 2.23. The van der Waals surface area contributed by atoms with Crippen LogP contribution in [-0.4, -0.2) is 8.07 Å². The van der Waals surface area contributed by atoms with Crippen molar-refractivity contribution in [3.63, 3.8) is 0 Å². The van der Waals surface area contributed by atoms with Crippen molar-refractivity contribution in [2.75, 3.05) is 0 Å². The maximum absolute atomic E-state index is 11.7. The van der Waals surface area contributed by atoms with E-state index in [1.165, 1.54) is 18.1 Å². The van der Waals surface area contributed by atoms with Gasteiger partial charge >= 0.3 is 0 Å². The zero-order chi connectivity index (χ0) is 11.0. The summed E-state index contributed by atoms with van der Waals surface area (Å²) in [6.45, 7) is 8.85. The monoisotopic (exact) mass is 213 g/mol. The summed E-state index contributed by atoms with van der Waals surface area (Å²) in [5.74, 6) is 0.407. The van der Waals surface area contributed by atoms with Gasteiger partial charge in [-0.05, 0) is 6.42 Å². The minimum Gasteiger partial charge on any atom is -0.876 e. The summed E-state index contributed by atoms with van der Waals surface area (Å²) in [7, 11) is -1.31. The van der Waals surface area contributed by atoms with E-state index in [2.05, 4.69) is 33.4 Å². The summed E-state index contributed by atoms with van der Waals surface area (Å²) in [5.41, 5.74) is 2.13. The Morgan fingerprint density at radius 2 is 1.57 bits per heavy atom. The van der Waals surface area contributed by atoms with Crippen molar-refractivity contribution < 1.29 is 5.11 Å². The van der Waals surface area contributed by atoms with Crippen molar-refractivity contribution in [2.45, 2.75) is 65.1 Å². The second kappa shape index (κ2) is 7.10. The summed E-state index contributed by atoms with van der Waals surface area (Å²) in [5, 5.41) is 11.7. The van der Waals surface area contributed by atoms with E-state index in [0.717, 1.165) is 19.3 Å². The van der Waals surface area contributed by atoms with Gasteiger partial charge in [0.15, 0.2) is 0 Å². The zero-order valence-corrected chi connectivity index (χ0v) is 11.2. The van der Waals surface area contributed by atoms with Crippen molar-refractivity contribution in [3.05, 3.63) is 11.5 Å². The van der Waals surface area contributed by atoms with Gasteiger partial charge < -0.3 is 5.11 Å². The van der Waals surface area contributed by atoms with E-state index in [0.29, 0.717) is 5.76 Å². The Balaban J connectivity index is 4.37. The maximum Gasteiger partial charge on any atom is 0.0758 e. The largest absolute Gasteiger partial charge is 0.876 e. The first-order chi connectivity index (χ1) is 6.64. The molecule has 0 fully saturated rings. The highest BCUT2D eigenvalue weighted by Crippen LogP contribution is 2.23. The van der Waals surface area contributed by atoms with Crippen LogP contribution < -0.4 is 5.11 Å². The topological polar surface area (TPSA) is 23.1 Å². The van der Waals surface area contributed by atoms with Crippen LogP contribution >= 0.6 is 0 Å². The molecule has 0 saturated carbocycles. The van der Waals surface area contributed by atoms with Gasteiger partial charge in [0.05, 0.1) is 8.07 Å². The summed E-state index contributed by atoms with van der Waals surface area (Å²) < 4.78 is 0. The Hall–Kier alpha value is -0.243. The zero-order valence-electron chi connectivity index (χ0n) is 10.2. The van der Waals surface area contributed by atoms with Crippen LogP contribution in [0.1, 0.15) is 47.0 Å². The molecule has 0 atom stereocenters. The molecule has 0 aliphatic heterocycles. The first-order valence-corrected chi connectivity index (χ1v) is 8.72. The van der Waals surface area contributed by atoms with Gasteiger partial charge in [-0.3, -0.25) is 0 Å². The second-order valence-corrected chi connectivity index (χ2v) is 9.27. The van der Waals surface area contributed by atoms with Gasteiger partial charge in [-0.25, -0.2) is 0 Å². The molecule has 0 N–H and O–H groups in total. The lowest BCUT2D eigenvalue weighted by molar-refractivity contribution is -0.306. The van der Waals surface area contributed by atoms with Crippen molar-refractivity contribution >= 4 is 8.07 Å². The van der Waals surface area contributed by atoms with E-state index >= 15 is 0 Å². The maximum atomic E-state index is 11.7. The molecule has 0 aromatic carbocycles. The third-order valence-corrected chi connectivity index (χ3v) is 8.52. The van der Waals surface area contributed by atoms with Crippen LogP contribution in [0.5, 0.6) is 0 Å². The number of allylic oxidation sites excluding steroid dienone is 1. The van der Waals surface area contributed by atoms with Crippen LogP contribution in [0, 0.1) is 0 Å². The van der Waals surface area contributed by atoms with Gasteiger partial charge in [0, 0.05) is 0 Å². The fraction of sp³-hybridized carbons (Fsp3) is 0.833. The molecule has 0 spiro atoms. The average molecular weight is 213 g/mol. The Kier molecular flexibility index (Phi) is 6.98. The summed E-state index contributed by atoms with van der Waals surface area (Å²) in [6.07, 6.45) is 2.95. The van der Waals surface area contributed by atoms with Gasteiger partial charge in [0.25, 0.3) is 0 Å². The first kappa shape index (κ1) is 13.8. The number of rotatable bonds is 7. The first-order valence-electron chi connectivity index (χ1n) is 6.02. The number of hydrogen-bond acceptors (Lipinski definition) is 1. The SMILES string of the molecule is CCCC/C([O-])=C/[Si](CC)(CC)CC. The van der Waals surface area contributed by atoms with Gasteiger partial charge in [0.2, 0.25) is 0 Å². The van der Waals surface area contributed by atoms with Crippen molar-refractivity contribution in [3.8, 4) is 0 Å². The standard InChI is InChI=1S/C12H26OSi/c1-5-9-10-12(13)11-14(6-2,7-3)8-4/h11,13H,5-10H2,1-4H3/p-1/b12-11-.